The van der Waals surface area contributed by atoms with Gasteiger partial charge in [-0.1, -0.05) is 13.3 Å². The van der Waals surface area contributed by atoms with Crippen LogP contribution in [-0.4, -0.2) is 39.2 Å². The van der Waals surface area contributed by atoms with Crippen molar-refractivity contribution in [2.45, 2.75) is 32.2 Å². The third-order valence-corrected chi connectivity index (χ3v) is 2.33. The molecule has 0 aliphatic rings. The first-order valence-electron chi connectivity index (χ1n) is 5.49. The molecule has 2 N–H and O–H groups in total. The third-order valence-electron chi connectivity index (χ3n) is 2.16. The van der Waals surface area contributed by atoms with Crippen LogP contribution in [0.1, 0.15) is 26.2 Å². The first-order valence-corrected chi connectivity index (χ1v) is 5.86. The molecule has 0 saturated carbocycles. The summed E-state index contributed by atoms with van der Waals surface area (Å²) in [5.41, 5.74) is 0. The molecule has 1 aromatic heterocycles. The summed E-state index contributed by atoms with van der Waals surface area (Å²) in [5, 5.41) is 11.7. The first-order chi connectivity index (χ1) is 8.55. The number of rotatable bonds is 7. The number of carbonyl (C=O) groups is 1. The molecule has 1 atom stereocenters. The van der Waals surface area contributed by atoms with E-state index in [-0.39, 0.29) is 29.7 Å². The maximum Gasteiger partial charge on any atom is 0.322 e. The lowest BCUT2D eigenvalue weighted by Crippen LogP contribution is -2.24. The van der Waals surface area contributed by atoms with E-state index in [4.69, 9.17) is 21.4 Å². The van der Waals surface area contributed by atoms with Crippen LogP contribution in [0.2, 0.25) is 5.28 Å². The van der Waals surface area contributed by atoms with Crippen molar-refractivity contribution in [3.05, 3.63) is 5.28 Å². The largest absolute Gasteiger partial charge is 0.481 e. The molecular weight excluding hydrogens is 260 g/mol. The first kappa shape index (κ1) is 14.4. The number of aromatic nitrogens is 3. The molecule has 1 rings (SSSR count). The summed E-state index contributed by atoms with van der Waals surface area (Å²) >= 11 is 5.70. The normalized spacial score (nSPS) is 11.9. The average Bonchev–Trinajstić information content (AvgIpc) is 2.27. The molecule has 0 radical (unpaired) electrons. The van der Waals surface area contributed by atoms with Crippen LogP contribution >= 0.6 is 11.6 Å². The minimum Gasteiger partial charge on any atom is -0.481 e. The van der Waals surface area contributed by atoms with Gasteiger partial charge >= 0.3 is 12.0 Å². The molecule has 0 fully saturated rings. The number of nitrogens with zero attached hydrogens (tertiary/aromatic N) is 3. The highest BCUT2D eigenvalue weighted by atomic mass is 35.5. The Labute approximate surface area is 110 Å². The zero-order valence-corrected chi connectivity index (χ0v) is 10.9. The summed E-state index contributed by atoms with van der Waals surface area (Å²) < 4.78 is 4.86. The number of anilines is 1. The second kappa shape index (κ2) is 6.95. The summed E-state index contributed by atoms with van der Waals surface area (Å²) in [7, 11) is 1.41. The third kappa shape index (κ3) is 4.70. The lowest BCUT2D eigenvalue weighted by Gasteiger charge is -2.15. The van der Waals surface area contributed by atoms with Crippen LogP contribution in [0, 0.1) is 0 Å². The van der Waals surface area contributed by atoms with Crippen molar-refractivity contribution in [3.8, 4) is 6.01 Å². The number of aliphatic carboxylic acids is 1. The van der Waals surface area contributed by atoms with Gasteiger partial charge < -0.3 is 15.2 Å². The van der Waals surface area contributed by atoms with Crippen molar-refractivity contribution >= 4 is 23.5 Å². The van der Waals surface area contributed by atoms with Crippen molar-refractivity contribution in [2.75, 3.05) is 12.4 Å². The number of carboxylic acid groups (broad SMARTS) is 1. The lowest BCUT2D eigenvalue weighted by atomic mass is 10.1. The molecule has 0 aliphatic heterocycles. The highest BCUT2D eigenvalue weighted by molar-refractivity contribution is 6.28. The van der Waals surface area contributed by atoms with Crippen LogP contribution in [0.5, 0.6) is 6.01 Å². The molecule has 1 heterocycles. The van der Waals surface area contributed by atoms with Crippen LogP contribution in [-0.2, 0) is 4.79 Å². The molecule has 0 saturated heterocycles. The molecule has 1 aromatic rings. The maximum absolute atomic E-state index is 10.7. The molecule has 100 valence electrons. The van der Waals surface area contributed by atoms with Crippen LogP contribution in [0.3, 0.4) is 0 Å². The smallest absolute Gasteiger partial charge is 0.322 e. The number of halogens is 1. The molecule has 0 aromatic carbocycles. The zero-order valence-electron chi connectivity index (χ0n) is 10.2. The van der Waals surface area contributed by atoms with Gasteiger partial charge in [-0.3, -0.25) is 4.79 Å². The van der Waals surface area contributed by atoms with E-state index in [1.807, 2.05) is 6.92 Å². The van der Waals surface area contributed by atoms with Gasteiger partial charge in [0.2, 0.25) is 11.2 Å². The number of nitrogens with one attached hydrogen (secondary N) is 1. The van der Waals surface area contributed by atoms with E-state index >= 15 is 0 Å². The number of hydrogen-bond donors (Lipinski definition) is 2. The number of ether oxygens (including phenoxy) is 1. The fourth-order valence-corrected chi connectivity index (χ4v) is 1.61. The Morgan fingerprint density at radius 1 is 1.50 bits per heavy atom. The summed E-state index contributed by atoms with van der Waals surface area (Å²) in [6.45, 7) is 1.97. The quantitative estimate of drug-likeness (QED) is 0.779. The van der Waals surface area contributed by atoms with E-state index in [1.165, 1.54) is 7.11 Å². The molecule has 0 spiro atoms. The minimum absolute atomic E-state index is 0.00470. The monoisotopic (exact) mass is 274 g/mol. The van der Waals surface area contributed by atoms with E-state index in [0.29, 0.717) is 6.42 Å². The predicted octanol–water partition coefficient (Wildman–Crippen LogP) is 1.59. The molecule has 0 aliphatic carbocycles. The van der Waals surface area contributed by atoms with Gasteiger partial charge in [-0.15, -0.1) is 0 Å². The Morgan fingerprint density at radius 2 is 2.22 bits per heavy atom. The highest BCUT2D eigenvalue weighted by Crippen LogP contribution is 2.14. The molecular formula is C10H15ClN4O3. The van der Waals surface area contributed by atoms with Gasteiger partial charge in [0, 0.05) is 6.04 Å². The van der Waals surface area contributed by atoms with Gasteiger partial charge in [0.25, 0.3) is 0 Å². The van der Waals surface area contributed by atoms with Gasteiger partial charge in [0.15, 0.2) is 0 Å². The van der Waals surface area contributed by atoms with E-state index in [0.717, 1.165) is 6.42 Å². The summed E-state index contributed by atoms with van der Waals surface area (Å²) in [6.07, 6.45) is 1.53. The van der Waals surface area contributed by atoms with Crippen LogP contribution in [0.4, 0.5) is 5.95 Å². The Kier molecular flexibility index (Phi) is 5.57. The zero-order chi connectivity index (χ0) is 13.5. The van der Waals surface area contributed by atoms with E-state index in [2.05, 4.69) is 20.3 Å². The van der Waals surface area contributed by atoms with Crippen molar-refractivity contribution < 1.29 is 14.6 Å². The summed E-state index contributed by atoms with van der Waals surface area (Å²) in [5.74, 6) is -0.667. The molecule has 8 heteroatoms. The summed E-state index contributed by atoms with van der Waals surface area (Å²) in [6, 6.07) is -0.168. The van der Waals surface area contributed by atoms with Crippen molar-refractivity contribution in [1.82, 2.24) is 15.0 Å². The topological polar surface area (TPSA) is 97.2 Å². The van der Waals surface area contributed by atoms with Crippen LogP contribution < -0.4 is 10.1 Å². The van der Waals surface area contributed by atoms with Gasteiger partial charge in [0.05, 0.1) is 13.5 Å². The van der Waals surface area contributed by atoms with Crippen molar-refractivity contribution in [2.24, 2.45) is 0 Å². The maximum atomic E-state index is 10.7. The fourth-order valence-electron chi connectivity index (χ4n) is 1.45. The molecule has 0 amide bonds. The molecule has 7 nitrogen and oxygen atoms in total. The van der Waals surface area contributed by atoms with Gasteiger partial charge in [-0.05, 0) is 18.0 Å². The predicted molar refractivity (Wildman–Crippen MR) is 66.0 cm³/mol. The number of carboxylic acids is 1. The van der Waals surface area contributed by atoms with Gasteiger partial charge in [0.1, 0.15) is 0 Å². The fraction of sp³-hybridized carbons (Fsp3) is 0.600. The highest BCUT2D eigenvalue weighted by Gasteiger charge is 2.14. The Balaban J connectivity index is 2.78. The minimum atomic E-state index is -0.881. The SMILES string of the molecule is CCCC(CC(=O)O)Nc1nc(Cl)nc(OC)n1. The number of methoxy groups -OCH3 is 1. The number of hydrogen-bond acceptors (Lipinski definition) is 6. The van der Waals surface area contributed by atoms with Gasteiger partial charge in [-0.25, -0.2) is 0 Å². The molecule has 0 bridgehead atoms. The average molecular weight is 275 g/mol. The van der Waals surface area contributed by atoms with E-state index < -0.39 is 5.97 Å². The van der Waals surface area contributed by atoms with Gasteiger partial charge in [-0.2, -0.15) is 15.0 Å². The van der Waals surface area contributed by atoms with Crippen molar-refractivity contribution in [3.63, 3.8) is 0 Å². The Morgan fingerprint density at radius 3 is 2.78 bits per heavy atom. The van der Waals surface area contributed by atoms with E-state index in [9.17, 15) is 4.79 Å². The Bertz CT molecular complexity index is 416. The molecule has 1 unspecified atom stereocenters. The standard InChI is InChI=1S/C10H15ClN4O3/c1-3-4-6(5-7(16)17)12-9-13-8(11)14-10(15-9)18-2/h6H,3-5H2,1-2H3,(H,16,17)(H,12,13,14,15). The van der Waals surface area contributed by atoms with E-state index in [1.54, 1.807) is 0 Å². The summed E-state index contributed by atoms with van der Waals surface area (Å²) in [4.78, 5) is 22.3. The lowest BCUT2D eigenvalue weighted by molar-refractivity contribution is -0.137. The second-order valence-corrected chi connectivity index (χ2v) is 3.98. The van der Waals surface area contributed by atoms with Crippen LogP contribution in [0.15, 0.2) is 0 Å². The van der Waals surface area contributed by atoms with Crippen molar-refractivity contribution in [1.29, 1.82) is 0 Å². The van der Waals surface area contributed by atoms with Crippen LogP contribution in [0.25, 0.3) is 0 Å². The Hall–Kier alpha value is -1.63. The second-order valence-electron chi connectivity index (χ2n) is 3.64. The molecule has 18 heavy (non-hydrogen) atoms.